The van der Waals surface area contributed by atoms with Gasteiger partial charge in [-0.1, -0.05) is 0 Å². The van der Waals surface area contributed by atoms with E-state index in [1.165, 1.54) is 17.4 Å². The molecule has 0 aliphatic heterocycles. The Labute approximate surface area is 162 Å². The van der Waals surface area contributed by atoms with Gasteiger partial charge in [-0.2, -0.15) is 0 Å². The van der Waals surface area contributed by atoms with Gasteiger partial charge < -0.3 is 15.8 Å². The van der Waals surface area contributed by atoms with Crippen molar-refractivity contribution in [3.8, 4) is 10.6 Å². The minimum atomic E-state index is -0.642. The first-order valence-electron chi connectivity index (χ1n) is 7.70. The molecule has 0 saturated carbocycles. The molecule has 3 aromatic heterocycles. The van der Waals surface area contributed by atoms with Crippen LogP contribution in [0.15, 0.2) is 41.4 Å². The molecule has 0 unspecified atom stereocenters. The van der Waals surface area contributed by atoms with Crippen molar-refractivity contribution in [1.82, 2.24) is 9.97 Å². The highest BCUT2D eigenvalue weighted by atomic mass is 32.1. The van der Waals surface area contributed by atoms with Crippen molar-refractivity contribution in [1.29, 1.82) is 0 Å². The molecule has 3 rings (SSSR count). The first kappa shape index (κ1) is 18.7. The Morgan fingerprint density at radius 2 is 2.07 bits per heavy atom. The number of nitrogens with two attached hydrogens (primary N) is 1. The summed E-state index contributed by atoms with van der Waals surface area (Å²) >= 11 is 2.55. The van der Waals surface area contributed by atoms with Crippen LogP contribution >= 0.6 is 22.7 Å². The van der Waals surface area contributed by atoms with Gasteiger partial charge in [-0.15, -0.1) is 22.7 Å². The van der Waals surface area contributed by atoms with Crippen molar-refractivity contribution in [2.75, 3.05) is 11.9 Å². The fraction of sp³-hybridized carbons (Fsp3) is 0.118. The Morgan fingerprint density at radius 1 is 1.22 bits per heavy atom. The molecule has 0 bridgehead atoms. The molecular weight excluding hydrogens is 388 g/mol. The number of esters is 1. The van der Waals surface area contributed by atoms with Gasteiger partial charge in [0.1, 0.15) is 10.0 Å². The van der Waals surface area contributed by atoms with Gasteiger partial charge in [0, 0.05) is 23.3 Å². The lowest BCUT2D eigenvalue weighted by Crippen LogP contribution is -2.22. The van der Waals surface area contributed by atoms with Gasteiger partial charge >= 0.3 is 5.97 Å². The number of hydrogen-bond donors (Lipinski definition) is 2. The van der Waals surface area contributed by atoms with Crippen molar-refractivity contribution in [3.05, 3.63) is 52.6 Å². The summed E-state index contributed by atoms with van der Waals surface area (Å²) in [5.74, 6) is -1.77. The van der Waals surface area contributed by atoms with Crippen molar-refractivity contribution in [2.24, 2.45) is 5.73 Å². The molecule has 0 saturated heterocycles. The maximum atomic E-state index is 11.9. The maximum absolute atomic E-state index is 11.9. The second-order valence-electron chi connectivity index (χ2n) is 5.30. The first-order valence-corrected chi connectivity index (χ1v) is 9.46. The summed E-state index contributed by atoms with van der Waals surface area (Å²) < 4.78 is 4.96. The van der Waals surface area contributed by atoms with E-state index >= 15 is 0 Å². The van der Waals surface area contributed by atoms with Crippen molar-refractivity contribution >= 4 is 45.5 Å². The van der Waals surface area contributed by atoms with E-state index in [1.807, 2.05) is 6.07 Å². The minimum Gasteiger partial charge on any atom is -0.455 e. The Kier molecular flexibility index (Phi) is 5.89. The average molecular weight is 402 g/mol. The number of carbonyl (C=O) groups is 3. The standard InChI is InChI=1S/C17H14N4O4S2/c18-15(24)12-3-5-26-17(12)21-13(22)8-25-14(23)6-11-9-27-16(20-11)10-2-1-4-19-7-10/h1-5,7,9H,6,8H2,(H2,18,24)(H,21,22). The second-order valence-corrected chi connectivity index (χ2v) is 7.07. The van der Waals surface area contributed by atoms with Gasteiger partial charge in [-0.3, -0.25) is 19.4 Å². The molecule has 27 heavy (non-hydrogen) atoms. The molecule has 2 amide bonds. The smallest absolute Gasteiger partial charge is 0.312 e. The van der Waals surface area contributed by atoms with Crippen molar-refractivity contribution in [2.45, 2.75) is 6.42 Å². The molecule has 0 atom stereocenters. The van der Waals surface area contributed by atoms with E-state index in [0.717, 1.165) is 21.9 Å². The monoisotopic (exact) mass is 402 g/mol. The molecule has 10 heteroatoms. The molecule has 3 N–H and O–H groups in total. The molecular formula is C17H14N4O4S2. The zero-order valence-corrected chi connectivity index (χ0v) is 15.5. The Bertz CT molecular complexity index is 968. The second kappa shape index (κ2) is 8.52. The van der Waals surface area contributed by atoms with Crippen LogP contribution in [-0.2, 0) is 20.7 Å². The number of rotatable bonds is 7. The number of hydrogen-bond acceptors (Lipinski definition) is 8. The highest BCUT2D eigenvalue weighted by molar-refractivity contribution is 7.14. The van der Waals surface area contributed by atoms with Gasteiger partial charge in [0.25, 0.3) is 11.8 Å². The van der Waals surface area contributed by atoms with E-state index in [4.69, 9.17) is 10.5 Å². The molecule has 3 heterocycles. The van der Waals surface area contributed by atoms with Crippen LogP contribution in [0.4, 0.5) is 5.00 Å². The molecule has 0 aromatic carbocycles. The van der Waals surface area contributed by atoms with Gasteiger partial charge in [0.15, 0.2) is 6.61 Å². The third kappa shape index (κ3) is 4.96. The van der Waals surface area contributed by atoms with E-state index in [1.54, 1.807) is 29.2 Å². The van der Waals surface area contributed by atoms with Crippen LogP contribution in [0.2, 0.25) is 0 Å². The predicted molar refractivity (Wildman–Crippen MR) is 101 cm³/mol. The van der Waals surface area contributed by atoms with Crippen LogP contribution < -0.4 is 11.1 Å². The SMILES string of the molecule is NC(=O)c1ccsc1NC(=O)COC(=O)Cc1csc(-c2cccnc2)n1. The Morgan fingerprint density at radius 3 is 2.81 bits per heavy atom. The summed E-state index contributed by atoms with van der Waals surface area (Å²) in [6.45, 7) is -0.464. The number of anilines is 1. The van der Waals surface area contributed by atoms with Crippen molar-refractivity contribution in [3.63, 3.8) is 0 Å². The van der Waals surface area contributed by atoms with Crippen LogP contribution in [-0.4, -0.2) is 34.4 Å². The number of amides is 2. The van der Waals surface area contributed by atoms with Gasteiger partial charge in [-0.25, -0.2) is 4.98 Å². The van der Waals surface area contributed by atoms with Crippen molar-refractivity contribution < 1.29 is 19.1 Å². The molecule has 0 fully saturated rings. The van der Waals surface area contributed by atoms with E-state index in [2.05, 4.69) is 15.3 Å². The summed E-state index contributed by atoms with van der Waals surface area (Å²) in [6, 6.07) is 5.19. The third-order valence-corrected chi connectivity index (χ3v) is 5.10. The molecule has 3 aromatic rings. The lowest BCUT2D eigenvalue weighted by Gasteiger charge is -2.05. The fourth-order valence-corrected chi connectivity index (χ4v) is 3.74. The molecule has 0 spiro atoms. The number of aromatic nitrogens is 2. The van der Waals surface area contributed by atoms with Crippen LogP contribution in [0.25, 0.3) is 10.6 Å². The average Bonchev–Trinajstić information content (AvgIpc) is 3.30. The maximum Gasteiger partial charge on any atom is 0.312 e. The molecule has 8 nitrogen and oxygen atoms in total. The number of pyridine rings is 1. The van der Waals surface area contributed by atoms with Gasteiger partial charge in [0.05, 0.1) is 17.7 Å². The minimum absolute atomic E-state index is 0.0461. The number of carbonyl (C=O) groups excluding carboxylic acids is 3. The number of primary amides is 1. The van der Waals surface area contributed by atoms with Crippen LogP contribution in [0.1, 0.15) is 16.1 Å². The first-order chi connectivity index (χ1) is 13.0. The third-order valence-electron chi connectivity index (χ3n) is 3.33. The van der Waals surface area contributed by atoms with Crippen LogP contribution in [0.5, 0.6) is 0 Å². The van der Waals surface area contributed by atoms with E-state index in [0.29, 0.717) is 10.7 Å². The summed E-state index contributed by atoms with van der Waals surface area (Å²) in [5, 5.41) is 6.96. The molecule has 0 radical (unpaired) electrons. The zero-order valence-electron chi connectivity index (χ0n) is 13.9. The zero-order chi connectivity index (χ0) is 19.2. The normalized spacial score (nSPS) is 10.4. The van der Waals surface area contributed by atoms with E-state index in [9.17, 15) is 14.4 Å². The van der Waals surface area contributed by atoms with Gasteiger partial charge in [-0.05, 0) is 23.6 Å². The highest BCUT2D eigenvalue weighted by Gasteiger charge is 2.15. The summed E-state index contributed by atoms with van der Waals surface area (Å²) in [5.41, 5.74) is 6.84. The summed E-state index contributed by atoms with van der Waals surface area (Å²) in [4.78, 5) is 43.4. The predicted octanol–water partition coefficient (Wildman–Crippen LogP) is 2.09. The number of thiophene rings is 1. The fourth-order valence-electron chi connectivity index (χ4n) is 2.12. The number of nitrogens with one attached hydrogen (secondary N) is 1. The molecule has 0 aliphatic rings. The van der Waals surface area contributed by atoms with Crippen LogP contribution in [0, 0.1) is 0 Å². The lowest BCUT2D eigenvalue weighted by molar-refractivity contribution is -0.146. The highest BCUT2D eigenvalue weighted by Crippen LogP contribution is 2.23. The van der Waals surface area contributed by atoms with E-state index < -0.39 is 24.4 Å². The topological polar surface area (TPSA) is 124 Å². The summed E-state index contributed by atoms with van der Waals surface area (Å²) in [6.07, 6.45) is 3.31. The number of ether oxygens (including phenoxy) is 1. The largest absolute Gasteiger partial charge is 0.455 e. The number of nitrogens with zero attached hydrogens (tertiary/aromatic N) is 2. The van der Waals surface area contributed by atoms with Gasteiger partial charge in [0.2, 0.25) is 0 Å². The summed E-state index contributed by atoms with van der Waals surface area (Å²) in [7, 11) is 0. The Balaban J connectivity index is 1.50. The number of thiazole rings is 1. The van der Waals surface area contributed by atoms with E-state index in [-0.39, 0.29) is 12.0 Å². The molecule has 138 valence electrons. The Hall–Kier alpha value is -3.11. The molecule has 0 aliphatic carbocycles. The lowest BCUT2D eigenvalue weighted by atomic mass is 10.3. The van der Waals surface area contributed by atoms with Crippen LogP contribution in [0.3, 0.4) is 0 Å². The quantitative estimate of drug-likeness (QED) is 0.583.